The molecule has 216 valence electrons. The van der Waals surface area contributed by atoms with Gasteiger partial charge in [0.2, 0.25) is 0 Å². The number of hydrogen-bond donors (Lipinski definition) is 3. The molecular weight excluding hydrogens is 523 g/mol. The van der Waals surface area contributed by atoms with Gasteiger partial charge in [-0.15, -0.1) is 12.3 Å². The number of amides is 1. The van der Waals surface area contributed by atoms with Gasteiger partial charge >= 0.3 is 6.09 Å². The maximum atomic E-state index is 15.9. The Hall–Kier alpha value is -4.07. The summed E-state index contributed by atoms with van der Waals surface area (Å²) in [6.07, 6.45) is 13.0. The number of aromatic nitrogens is 5. The normalized spacial score (nSPS) is 20.5. The lowest BCUT2D eigenvalue weighted by atomic mass is 9.80. The molecule has 3 aromatic heterocycles. The highest BCUT2D eigenvalue weighted by molar-refractivity contribution is 6.01. The van der Waals surface area contributed by atoms with Crippen molar-refractivity contribution in [3.05, 3.63) is 29.5 Å². The molecule has 1 amide bonds. The van der Waals surface area contributed by atoms with Crippen LogP contribution in [0.2, 0.25) is 0 Å². The lowest BCUT2D eigenvalue weighted by molar-refractivity contribution is 0.205. The quantitative estimate of drug-likeness (QED) is 0.184. The lowest BCUT2D eigenvalue weighted by Crippen LogP contribution is -2.32. The van der Waals surface area contributed by atoms with Crippen molar-refractivity contribution < 1.29 is 14.3 Å². The third kappa shape index (κ3) is 5.87. The number of anilines is 1. The maximum absolute atomic E-state index is 15.9. The van der Waals surface area contributed by atoms with E-state index in [-0.39, 0.29) is 40.9 Å². The molecule has 0 bridgehead atoms. The van der Waals surface area contributed by atoms with Crippen LogP contribution in [-0.4, -0.2) is 47.6 Å². The number of terminal acetylenes is 1. The predicted octanol–water partition coefficient (Wildman–Crippen LogP) is 5.57. The van der Waals surface area contributed by atoms with Crippen molar-refractivity contribution in [2.45, 2.75) is 84.2 Å². The maximum Gasteiger partial charge on any atom is 0.433 e. The summed E-state index contributed by atoms with van der Waals surface area (Å²) in [7, 11) is 0. The van der Waals surface area contributed by atoms with E-state index in [9.17, 15) is 9.90 Å². The first kappa shape index (κ1) is 28.5. The predicted molar refractivity (Wildman–Crippen MR) is 156 cm³/mol. The second-order valence-corrected chi connectivity index (χ2v) is 11.6. The Bertz CT molecular complexity index is 1510. The Labute approximate surface area is 239 Å². The van der Waals surface area contributed by atoms with Crippen LogP contribution in [0.3, 0.4) is 0 Å². The molecular formula is C30H37FN8O2. The topological polar surface area (TPSA) is 144 Å². The van der Waals surface area contributed by atoms with Crippen molar-refractivity contribution in [2.24, 2.45) is 28.5 Å². The van der Waals surface area contributed by atoms with Gasteiger partial charge in [0, 0.05) is 24.7 Å². The van der Waals surface area contributed by atoms with Crippen molar-refractivity contribution in [1.29, 1.82) is 0 Å². The van der Waals surface area contributed by atoms with Gasteiger partial charge in [-0.1, -0.05) is 20.3 Å². The number of rotatable bonds is 8. The summed E-state index contributed by atoms with van der Waals surface area (Å²) >= 11 is 0. The Kier molecular flexibility index (Phi) is 8.20. The number of nitrogens with one attached hydrogen (secondary N) is 1. The highest BCUT2D eigenvalue weighted by Crippen LogP contribution is 2.37. The van der Waals surface area contributed by atoms with E-state index in [1.807, 2.05) is 18.4 Å². The molecule has 1 atom stereocenters. The number of imidazole rings is 1. The molecule has 0 aliphatic heterocycles. The molecule has 5 rings (SSSR count). The van der Waals surface area contributed by atoms with Crippen LogP contribution in [-0.2, 0) is 6.54 Å². The first-order valence-corrected chi connectivity index (χ1v) is 14.4. The highest BCUT2D eigenvalue weighted by Gasteiger charge is 2.30. The summed E-state index contributed by atoms with van der Waals surface area (Å²) in [6.45, 7) is 6.52. The standard InChI is InChI=1S/C30H37FN8O2/c1-5-18-9-11-19(12-10-18)15-39-24-26(34-17(4)20-7-6-8-20)36-28(25(32)35-30(40)41)37-27(24)38-29(39)23-22(31)21(16(2)3)13-14-33-23/h1,13-14,16-20H,6-12,15H2,2-4H3,(H2,32,35)(H,40,41)(H,34,36,37). The number of amidine groups is 1. The third-order valence-corrected chi connectivity index (χ3v) is 8.55. The van der Waals surface area contributed by atoms with Crippen LogP contribution in [0.5, 0.6) is 0 Å². The number of halogens is 1. The number of nitrogens with two attached hydrogens (primary N) is 1. The average molecular weight is 561 g/mol. The van der Waals surface area contributed by atoms with E-state index < -0.39 is 11.9 Å². The number of fused-ring (bicyclic) bond motifs is 1. The first-order valence-electron chi connectivity index (χ1n) is 14.4. The molecule has 41 heavy (non-hydrogen) atoms. The molecule has 10 nitrogen and oxygen atoms in total. The van der Waals surface area contributed by atoms with Gasteiger partial charge in [-0.25, -0.2) is 29.1 Å². The summed E-state index contributed by atoms with van der Waals surface area (Å²) < 4.78 is 17.9. The summed E-state index contributed by atoms with van der Waals surface area (Å²) in [5, 5.41) is 12.7. The summed E-state index contributed by atoms with van der Waals surface area (Å²) in [6, 6.07) is 1.77. The Morgan fingerprint density at radius 2 is 1.95 bits per heavy atom. The molecule has 0 spiro atoms. The van der Waals surface area contributed by atoms with Crippen LogP contribution >= 0.6 is 0 Å². The van der Waals surface area contributed by atoms with Gasteiger partial charge in [0.15, 0.2) is 34.8 Å². The van der Waals surface area contributed by atoms with Gasteiger partial charge in [-0.05, 0) is 74.8 Å². The van der Waals surface area contributed by atoms with Crippen LogP contribution in [0, 0.1) is 35.9 Å². The van der Waals surface area contributed by atoms with Crippen molar-refractivity contribution in [3.63, 3.8) is 0 Å². The molecule has 1 unspecified atom stereocenters. The summed E-state index contributed by atoms with van der Waals surface area (Å²) in [4.78, 5) is 33.0. The van der Waals surface area contributed by atoms with Gasteiger partial charge in [-0.2, -0.15) is 4.99 Å². The molecule has 0 radical (unpaired) electrons. The fourth-order valence-electron chi connectivity index (χ4n) is 5.87. The van der Waals surface area contributed by atoms with Crippen LogP contribution in [0.25, 0.3) is 22.7 Å². The van der Waals surface area contributed by atoms with Gasteiger partial charge in [0.25, 0.3) is 0 Å². The van der Waals surface area contributed by atoms with Gasteiger partial charge < -0.3 is 20.7 Å². The van der Waals surface area contributed by atoms with E-state index in [2.05, 4.69) is 38.1 Å². The minimum absolute atomic E-state index is 0.0485. The average Bonchev–Trinajstić information content (AvgIpc) is 3.25. The monoisotopic (exact) mass is 560 g/mol. The molecule has 0 aromatic carbocycles. The highest BCUT2D eigenvalue weighted by atomic mass is 19.1. The van der Waals surface area contributed by atoms with Gasteiger partial charge in [0.05, 0.1) is 0 Å². The molecule has 4 N–H and O–H groups in total. The molecule has 3 aromatic rings. The zero-order valence-corrected chi connectivity index (χ0v) is 23.8. The second-order valence-electron chi connectivity index (χ2n) is 11.6. The summed E-state index contributed by atoms with van der Waals surface area (Å²) in [5.74, 6) is 3.87. The van der Waals surface area contributed by atoms with E-state index in [0.717, 1.165) is 38.5 Å². The van der Waals surface area contributed by atoms with Gasteiger partial charge in [0.1, 0.15) is 11.2 Å². The first-order chi connectivity index (χ1) is 19.7. The zero-order valence-electron chi connectivity index (χ0n) is 23.8. The number of aliphatic imine (C=N–C) groups is 1. The smallest absolute Gasteiger partial charge is 0.433 e. The Morgan fingerprint density at radius 1 is 1.22 bits per heavy atom. The molecule has 2 aliphatic rings. The van der Waals surface area contributed by atoms with Crippen LogP contribution in [0.15, 0.2) is 17.3 Å². The van der Waals surface area contributed by atoms with Crippen LogP contribution < -0.4 is 11.1 Å². The van der Waals surface area contributed by atoms with Crippen molar-refractivity contribution >= 4 is 28.9 Å². The van der Waals surface area contributed by atoms with Crippen LogP contribution in [0.1, 0.15) is 83.0 Å². The summed E-state index contributed by atoms with van der Waals surface area (Å²) in [5.41, 5.74) is 7.54. The van der Waals surface area contributed by atoms with Crippen molar-refractivity contribution in [3.8, 4) is 23.9 Å². The molecule has 2 saturated carbocycles. The largest absolute Gasteiger partial charge is 0.463 e. The fraction of sp³-hybridized carbons (Fsp3) is 0.533. The van der Waals surface area contributed by atoms with Crippen LogP contribution in [0.4, 0.5) is 15.0 Å². The van der Waals surface area contributed by atoms with E-state index in [1.54, 1.807) is 12.3 Å². The Balaban J connectivity index is 1.70. The number of carbonyl (C=O) groups is 1. The van der Waals surface area contributed by atoms with Gasteiger partial charge in [-0.3, -0.25) is 0 Å². The number of nitrogens with zero attached hydrogens (tertiary/aromatic N) is 6. The molecule has 11 heteroatoms. The lowest BCUT2D eigenvalue weighted by Gasteiger charge is -2.32. The molecule has 2 aliphatic carbocycles. The number of carboxylic acid groups (broad SMARTS) is 1. The fourth-order valence-corrected chi connectivity index (χ4v) is 5.87. The number of pyridine rings is 1. The number of hydrogen-bond acceptors (Lipinski definition) is 6. The molecule has 0 saturated heterocycles. The SMILES string of the molecule is C#CC1CCC(Cn2c(-c3nccc(C(C)C)c3F)nc3nc(C(N)=NC(=O)O)nc(NC(C)C4CCC4)c32)CC1. The molecule has 2 fully saturated rings. The van der Waals surface area contributed by atoms with E-state index in [0.29, 0.717) is 41.1 Å². The van der Waals surface area contributed by atoms with E-state index in [1.165, 1.54) is 6.42 Å². The molecule has 3 heterocycles. The zero-order chi connectivity index (χ0) is 29.3. The van der Waals surface area contributed by atoms with E-state index >= 15 is 4.39 Å². The minimum Gasteiger partial charge on any atom is -0.463 e. The van der Waals surface area contributed by atoms with Crippen molar-refractivity contribution in [1.82, 2.24) is 24.5 Å². The van der Waals surface area contributed by atoms with Crippen molar-refractivity contribution in [2.75, 3.05) is 5.32 Å². The van der Waals surface area contributed by atoms with E-state index in [4.69, 9.17) is 17.1 Å². The minimum atomic E-state index is -1.45. The Morgan fingerprint density at radius 3 is 2.56 bits per heavy atom. The third-order valence-electron chi connectivity index (χ3n) is 8.55. The second kappa shape index (κ2) is 11.8.